The molecular weight excluding hydrogens is 176 g/mol. The Morgan fingerprint density at radius 2 is 2.21 bits per heavy atom. The van der Waals surface area contributed by atoms with Gasteiger partial charge in [-0.2, -0.15) is 5.10 Å². The maximum absolute atomic E-state index is 11.6. The zero-order valence-electron chi connectivity index (χ0n) is 8.35. The lowest BCUT2D eigenvalue weighted by molar-refractivity contribution is 0.0877. The molecule has 0 aromatic carbocycles. The molecule has 1 saturated carbocycles. The van der Waals surface area contributed by atoms with Gasteiger partial charge in [0, 0.05) is 18.8 Å². The smallest absolute Gasteiger partial charge is 0.246 e. The molecule has 1 aromatic rings. The van der Waals surface area contributed by atoms with Crippen molar-refractivity contribution in [2.75, 3.05) is 0 Å². The summed E-state index contributed by atoms with van der Waals surface area (Å²) in [5, 5.41) is 3.93. The summed E-state index contributed by atoms with van der Waals surface area (Å²) in [6, 6.07) is 1.79. The third-order valence-corrected chi connectivity index (χ3v) is 3.00. The minimum absolute atomic E-state index is 0.127. The van der Waals surface area contributed by atoms with Crippen LogP contribution < -0.4 is 0 Å². The first-order valence-corrected chi connectivity index (χ1v) is 5.39. The number of hydrogen-bond donors (Lipinski definition) is 0. The van der Waals surface area contributed by atoms with Crippen molar-refractivity contribution in [3.05, 3.63) is 18.5 Å². The molecule has 2 rings (SSSR count). The Morgan fingerprint density at radius 3 is 2.86 bits per heavy atom. The van der Waals surface area contributed by atoms with Gasteiger partial charge in [-0.1, -0.05) is 25.7 Å². The fourth-order valence-corrected chi connectivity index (χ4v) is 2.16. The molecule has 1 fully saturated rings. The molecule has 0 saturated heterocycles. The number of carbonyl (C=O) groups excluding carboxylic acids is 1. The van der Waals surface area contributed by atoms with Crippen molar-refractivity contribution in [1.82, 2.24) is 9.78 Å². The molecule has 1 heterocycles. The number of nitrogens with zero attached hydrogens (tertiary/aromatic N) is 2. The predicted octanol–water partition coefficient (Wildman–Crippen LogP) is 2.49. The van der Waals surface area contributed by atoms with Gasteiger partial charge in [-0.05, 0) is 18.4 Å². The number of aromatic nitrogens is 2. The summed E-state index contributed by atoms with van der Waals surface area (Å²) in [7, 11) is 0. The average Bonchev–Trinajstić information content (AvgIpc) is 2.87. The summed E-state index contributed by atoms with van der Waals surface area (Å²) in [6.45, 7) is 0. The summed E-state index contributed by atoms with van der Waals surface area (Å²) < 4.78 is 1.44. The maximum Gasteiger partial charge on any atom is 0.246 e. The molecule has 1 aromatic heterocycles. The molecule has 0 aliphatic heterocycles. The van der Waals surface area contributed by atoms with E-state index in [1.165, 1.54) is 30.4 Å². The highest BCUT2D eigenvalue weighted by molar-refractivity contribution is 5.77. The van der Waals surface area contributed by atoms with Crippen LogP contribution in [0.2, 0.25) is 0 Å². The van der Waals surface area contributed by atoms with Gasteiger partial charge in [-0.3, -0.25) is 4.79 Å². The van der Waals surface area contributed by atoms with E-state index in [0.29, 0.717) is 6.42 Å². The lowest BCUT2D eigenvalue weighted by atomic mass is 10.0. The summed E-state index contributed by atoms with van der Waals surface area (Å²) in [4.78, 5) is 11.6. The quantitative estimate of drug-likeness (QED) is 0.737. The molecule has 0 unspecified atom stereocenters. The number of rotatable bonds is 3. The Kier molecular flexibility index (Phi) is 2.96. The minimum atomic E-state index is 0.127. The molecular formula is C11H16N2O. The van der Waals surface area contributed by atoms with Gasteiger partial charge in [0.15, 0.2) is 0 Å². The molecule has 1 aliphatic rings. The lowest BCUT2D eigenvalue weighted by Gasteiger charge is -2.06. The van der Waals surface area contributed by atoms with Crippen LogP contribution in [0.1, 0.15) is 43.3 Å². The van der Waals surface area contributed by atoms with Crippen LogP contribution >= 0.6 is 0 Å². The molecule has 0 atom stereocenters. The highest BCUT2D eigenvalue weighted by Gasteiger charge is 2.16. The highest BCUT2D eigenvalue weighted by Crippen LogP contribution is 2.28. The standard InChI is InChI=1S/C11H16N2O/c14-11(13-9-3-8-12-13)7-6-10-4-1-2-5-10/h3,8-10H,1-2,4-7H2. The van der Waals surface area contributed by atoms with E-state index in [2.05, 4.69) is 5.10 Å². The summed E-state index contributed by atoms with van der Waals surface area (Å²) in [5.74, 6) is 0.913. The molecule has 3 nitrogen and oxygen atoms in total. The molecule has 0 spiro atoms. The first-order valence-electron chi connectivity index (χ1n) is 5.39. The molecule has 76 valence electrons. The van der Waals surface area contributed by atoms with E-state index in [9.17, 15) is 4.79 Å². The van der Waals surface area contributed by atoms with Crippen LogP contribution in [0.25, 0.3) is 0 Å². The Labute approximate surface area is 84.1 Å². The van der Waals surface area contributed by atoms with Crippen molar-refractivity contribution < 1.29 is 4.79 Å². The SMILES string of the molecule is O=C(CCC1CCCC1)n1cccn1. The van der Waals surface area contributed by atoms with E-state index in [4.69, 9.17) is 0 Å². The average molecular weight is 192 g/mol. The normalized spacial score (nSPS) is 17.4. The van der Waals surface area contributed by atoms with Crippen LogP contribution in [-0.4, -0.2) is 15.7 Å². The van der Waals surface area contributed by atoms with Gasteiger partial charge in [0.1, 0.15) is 0 Å². The zero-order chi connectivity index (χ0) is 9.80. The highest BCUT2D eigenvalue weighted by atomic mass is 16.2. The molecule has 0 bridgehead atoms. The van der Waals surface area contributed by atoms with Crippen LogP contribution in [0.5, 0.6) is 0 Å². The third-order valence-electron chi connectivity index (χ3n) is 3.00. The Morgan fingerprint density at radius 1 is 1.43 bits per heavy atom. The zero-order valence-corrected chi connectivity index (χ0v) is 8.35. The maximum atomic E-state index is 11.6. The van der Waals surface area contributed by atoms with Gasteiger partial charge in [0.05, 0.1) is 0 Å². The third kappa shape index (κ3) is 2.22. The first-order chi connectivity index (χ1) is 6.86. The topological polar surface area (TPSA) is 34.9 Å². The van der Waals surface area contributed by atoms with E-state index in [0.717, 1.165) is 12.3 Å². The van der Waals surface area contributed by atoms with Crippen molar-refractivity contribution in [3.8, 4) is 0 Å². The summed E-state index contributed by atoms with van der Waals surface area (Å²) in [6.07, 6.45) is 10.4. The Balaban J connectivity index is 1.78. The number of carbonyl (C=O) groups is 1. The van der Waals surface area contributed by atoms with E-state index < -0.39 is 0 Å². The molecule has 0 amide bonds. The molecule has 0 radical (unpaired) electrons. The van der Waals surface area contributed by atoms with E-state index >= 15 is 0 Å². The fraction of sp³-hybridized carbons (Fsp3) is 0.636. The van der Waals surface area contributed by atoms with Crippen LogP contribution in [0.15, 0.2) is 18.5 Å². The second-order valence-electron chi connectivity index (χ2n) is 4.03. The van der Waals surface area contributed by atoms with Gasteiger partial charge >= 0.3 is 0 Å². The number of hydrogen-bond acceptors (Lipinski definition) is 2. The minimum Gasteiger partial charge on any atom is -0.273 e. The second kappa shape index (κ2) is 4.40. The van der Waals surface area contributed by atoms with Crippen molar-refractivity contribution in [2.24, 2.45) is 5.92 Å². The van der Waals surface area contributed by atoms with Crippen molar-refractivity contribution >= 4 is 5.91 Å². The van der Waals surface area contributed by atoms with Crippen molar-refractivity contribution in [3.63, 3.8) is 0 Å². The largest absolute Gasteiger partial charge is 0.273 e. The van der Waals surface area contributed by atoms with Gasteiger partial charge in [0.25, 0.3) is 0 Å². The van der Waals surface area contributed by atoms with Gasteiger partial charge < -0.3 is 0 Å². The van der Waals surface area contributed by atoms with Crippen LogP contribution in [0, 0.1) is 5.92 Å². The Hall–Kier alpha value is -1.12. The molecule has 0 N–H and O–H groups in total. The van der Waals surface area contributed by atoms with E-state index in [-0.39, 0.29) is 5.91 Å². The van der Waals surface area contributed by atoms with Gasteiger partial charge in [-0.15, -0.1) is 0 Å². The Bertz CT molecular complexity index is 286. The van der Waals surface area contributed by atoms with Gasteiger partial charge in [0.2, 0.25) is 5.91 Å². The van der Waals surface area contributed by atoms with Gasteiger partial charge in [-0.25, -0.2) is 4.68 Å². The lowest BCUT2D eigenvalue weighted by Crippen LogP contribution is -2.12. The molecule has 1 aliphatic carbocycles. The monoisotopic (exact) mass is 192 g/mol. The second-order valence-corrected chi connectivity index (χ2v) is 4.03. The van der Waals surface area contributed by atoms with Crippen molar-refractivity contribution in [2.45, 2.75) is 38.5 Å². The predicted molar refractivity (Wildman–Crippen MR) is 54.0 cm³/mol. The van der Waals surface area contributed by atoms with Crippen LogP contribution in [0.4, 0.5) is 0 Å². The first kappa shape index (κ1) is 9.44. The van der Waals surface area contributed by atoms with Crippen molar-refractivity contribution in [1.29, 1.82) is 0 Å². The summed E-state index contributed by atoms with van der Waals surface area (Å²) in [5.41, 5.74) is 0. The molecule has 14 heavy (non-hydrogen) atoms. The summed E-state index contributed by atoms with van der Waals surface area (Å²) >= 11 is 0. The van der Waals surface area contributed by atoms with Crippen LogP contribution in [-0.2, 0) is 0 Å². The molecule has 3 heteroatoms. The van der Waals surface area contributed by atoms with Crippen LogP contribution in [0.3, 0.4) is 0 Å². The van der Waals surface area contributed by atoms with E-state index in [1.807, 2.05) is 0 Å². The van der Waals surface area contributed by atoms with E-state index in [1.54, 1.807) is 18.5 Å². The fourth-order valence-electron chi connectivity index (χ4n) is 2.16.